The summed E-state index contributed by atoms with van der Waals surface area (Å²) in [6, 6.07) is 1.34. The first kappa shape index (κ1) is 13.6. The largest absolute Gasteiger partial charge is 0.493 e. The number of rotatable bonds is 5. The van der Waals surface area contributed by atoms with Crippen LogP contribution >= 0.6 is 11.6 Å². The monoisotopic (exact) mass is 257 g/mol. The topological polar surface area (TPSA) is 72.6 Å². The van der Waals surface area contributed by atoms with E-state index in [4.69, 9.17) is 27.2 Å². The summed E-state index contributed by atoms with van der Waals surface area (Å²) >= 11 is 5.93. The van der Waals surface area contributed by atoms with Gasteiger partial charge in [0.2, 0.25) is 0 Å². The Balaban J connectivity index is 3.45. The van der Waals surface area contributed by atoms with Gasteiger partial charge in [0.15, 0.2) is 0 Å². The summed E-state index contributed by atoms with van der Waals surface area (Å²) < 4.78 is 5.40. The number of nitrogens with two attached hydrogens (primary N) is 1. The van der Waals surface area contributed by atoms with Crippen molar-refractivity contribution >= 4 is 23.3 Å². The Morgan fingerprint density at radius 3 is 2.65 bits per heavy atom. The lowest BCUT2D eigenvalue weighted by molar-refractivity contribution is 0.0692. The first-order valence-electron chi connectivity index (χ1n) is 5.49. The van der Waals surface area contributed by atoms with Crippen molar-refractivity contribution in [1.82, 2.24) is 0 Å². The van der Waals surface area contributed by atoms with Gasteiger partial charge in [0.05, 0.1) is 17.3 Å². The summed E-state index contributed by atoms with van der Waals surface area (Å²) in [4.78, 5) is 11.1. The molecule has 0 aliphatic carbocycles. The summed E-state index contributed by atoms with van der Waals surface area (Å²) in [5, 5.41) is 9.38. The quantitative estimate of drug-likeness (QED) is 0.796. The van der Waals surface area contributed by atoms with Crippen LogP contribution in [-0.2, 0) is 6.42 Å². The molecule has 0 unspecified atom stereocenters. The molecular formula is C12H16ClNO3. The Kier molecular flexibility index (Phi) is 4.63. The van der Waals surface area contributed by atoms with Crippen LogP contribution in [0.2, 0.25) is 5.02 Å². The number of hydrogen-bond acceptors (Lipinski definition) is 3. The van der Waals surface area contributed by atoms with Crippen LogP contribution in [0, 0.1) is 0 Å². The van der Waals surface area contributed by atoms with E-state index in [1.54, 1.807) is 6.92 Å². The van der Waals surface area contributed by atoms with Crippen LogP contribution in [0.4, 0.5) is 5.69 Å². The van der Waals surface area contributed by atoms with Crippen LogP contribution < -0.4 is 10.5 Å². The maximum Gasteiger partial charge on any atom is 0.339 e. The summed E-state index contributed by atoms with van der Waals surface area (Å²) in [5.41, 5.74) is 7.01. The molecule has 1 aromatic carbocycles. The fourth-order valence-corrected chi connectivity index (χ4v) is 1.89. The molecule has 4 nitrogen and oxygen atoms in total. The Morgan fingerprint density at radius 1 is 1.53 bits per heavy atom. The number of aromatic carboxylic acids is 1. The number of carbonyl (C=O) groups is 1. The molecule has 0 amide bonds. The van der Waals surface area contributed by atoms with Gasteiger partial charge in [0, 0.05) is 5.56 Å². The van der Waals surface area contributed by atoms with Crippen molar-refractivity contribution in [3.8, 4) is 5.75 Å². The smallest absolute Gasteiger partial charge is 0.339 e. The first-order chi connectivity index (χ1) is 8.02. The first-order valence-corrected chi connectivity index (χ1v) is 5.87. The average Bonchev–Trinajstić information content (AvgIpc) is 2.28. The van der Waals surface area contributed by atoms with Gasteiger partial charge in [-0.3, -0.25) is 0 Å². The number of ether oxygens (including phenoxy) is 1. The number of carboxylic acid groups (broad SMARTS) is 1. The maximum atomic E-state index is 11.1. The molecule has 0 fully saturated rings. The summed E-state index contributed by atoms with van der Waals surface area (Å²) in [6.45, 7) is 4.17. The van der Waals surface area contributed by atoms with E-state index in [9.17, 15) is 4.79 Å². The molecule has 0 atom stereocenters. The molecule has 0 aliphatic heterocycles. The second-order valence-corrected chi connectivity index (χ2v) is 4.02. The minimum absolute atomic E-state index is 0.0644. The Labute approximate surface area is 105 Å². The summed E-state index contributed by atoms with van der Waals surface area (Å²) in [7, 11) is 0. The van der Waals surface area contributed by atoms with Crippen LogP contribution in [0.15, 0.2) is 6.07 Å². The summed E-state index contributed by atoms with van der Waals surface area (Å²) in [6.07, 6.45) is 1.48. The number of nitrogen functional groups attached to an aromatic ring is 1. The van der Waals surface area contributed by atoms with E-state index in [1.165, 1.54) is 6.07 Å². The zero-order chi connectivity index (χ0) is 13.0. The maximum absolute atomic E-state index is 11.1. The van der Waals surface area contributed by atoms with Crippen LogP contribution in [0.3, 0.4) is 0 Å². The lowest BCUT2D eigenvalue weighted by Crippen LogP contribution is -2.09. The second-order valence-electron chi connectivity index (χ2n) is 3.62. The van der Waals surface area contributed by atoms with Crippen LogP contribution in [0.25, 0.3) is 0 Å². The van der Waals surface area contributed by atoms with Gasteiger partial charge in [-0.1, -0.05) is 24.9 Å². The fourth-order valence-electron chi connectivity index (χ4n) is 1.67. The van der Waals surface area contributed by atoms with E-state index in [1.807, 2.05) is 6.92 Å². The van der Waals surface area contributed by atoms with Crippen molar-refractivity contribution in [2.45, 2.75) is 26.7 Å². The van der Waals surface area contributed by atoms with Crippen molar-refractivity contribution in [3.05, 3.63) is 22.2 Å². The van der Waals surface area contributed by atoms with Crippen LogP contribution in [-0.4, -0.2) is 17.7 Å². The van der Waals surface area contributed by atoms with Crippen molar-refractivity contribution in [2.75, 3.05) is 12.3 Å². The fraction of sp³-hybridized carbons (Fsp3) is 0.417. The van der Waals surface area contributed by atoms with Crippen molar-refractivity contribution in [3.63, 3.8) is 0 Å². The molecule has 0 aliphatic rings. The molecule has 1 aromatic rings. The molecule has 3 N–H and O–H groups in total. The Bertz CT molecular complexity index is 432. The highest BCUT2D eigenvalue weighted by Crippen LogP contribution is 2.36. The molecule has 0 heterocycles. The van der Waals surface area contributed by atoms with Gasteiger partial charge in [-0.05, 0) is 19.4 Å². The molecule has 0 aromatic heterocycles. The number of anilines is 1. The van der Waals surface area contributed by atoms with E-state index < -0.39 is 5.97 Å². The standard InChI is InChI=1S/C12H16ClNO3/c1-3-5-7-10(14)9(13)6-8(12(15)16)11(7)17-4-2/h6H,3-5,14H2,1-2H3,(H,15,16). The normalized spacial score (nSPS) is 10.3. The average molecular weight is 258 g/mol. The minimum Gasteiger partial charge on any atom is -0.493 e. The molecule has 0 bridgehead atoms. The van der Waals surface area contributed by atoms with Crippen molar-refractivity contribution in [2.24, 2.45) is 0 Å². The van der Waals surface area contributed by atoms with E-state index in [-0.39, 0.29) is 10.6 Å². The third kappa shape index (κ3) is 2.82. The number of benzene rings is 1. The molecular weight excluding hydrogens is 242 g/mol. The van der Waals surface area contributed by atoms with Gasteiger partial charge in [0.1, 0.15) is 11.3 Å². The lowest BCUT2D eigenvalue weighted by atomic mass is 10.0. The number of carboxylic acids is 1. The third-order valence-electron chi connectivity index (χ3n) is 2.39. The van der Waals surface area contributed by atoms with Gasteiger partial charge in [0.25, 0.3) is 0 Å². The molecule has 17 heavy (non-hydrogen) atoms. The number of halogens is 1. The van der Waals surface area contributed by atoms with Crippen molar-refractivity contribution in [1.29, 1.82) is 0 Å². The molecule has 94 valence electrons. The highest BCUT2D eigenvalue weighted by Gasteiger charge is 2.20. The molecule has 0 saturated carbocycles. The molecule has 0 spiro atoms. The Morgan fingerprint density at radius 2 is 2.18 bits per heavy atom. The van der Waals surface area contributed by atoms with Crippen molar-refractivity contribution < 1.29 is 14.6 Å². The highest BCUT2D eigenvalue weighted by atomic mass is 35.5. The van der Waals surface area contributed by atoms with Crippen LogP contribution in [0.1, 0.15) is 36.2 Å². The molecule has 0 saturated heterocycles. The van der Waals surface area contributed by atoms with E-state index >= 15 is 0 Å². The van der Waals surface area contributed by atoms with Gasteiger partial charge in [-0.25, -0.2) is 4.79 Å². The number of hydrogen-bond donors (Lipinski definition) is 2. The molecule has 5 heteroatoms. The zero-order valence-electron chi connectivity index (χ0n) is 9.92. The predicted octanol–water partition coefficient (Wildman–Crippen LogP) is 2.97. The molecule has 1 rings (SSSR count). The molecule has 0 radical (unpaired) electrons. The lowest BCUT2D eigenvalue weighted by Gasteiger charge is -2.16. The van der Waals surface area contributed by atoms with Gasteiger partial charge < -0.3 is 15.6 Å². The highest BCUT2D eigenvalue weighted by molar-refractivity contribution is 6.33. The predicted molar refractivity (Wildman–Crippen MR) is 68.0 cm³/mol. The Hall–Kier alpha value is -1.42. The summed E-state index contributed by atoms with van der Waals surface area (Å²) in [5.74, 6) is -0.726. The van der Waals surface area contributed by atoms with E-state index in [0.717, 1.165) is 6.42 Å². The second kappa shape index (κ2) is 5.77. The third-order valence-corrected chi connectivity index (χ3v) is 2.70. The SMILES string of the molecule is CCCc1c(N)c(Cl)cc(C(=O)O)c1OCC. The van der Waals surface area contributed by atoms with E-state index in [0.29, 0.717) is 30.0 Å². The zero-order valence-corrected chi connectivity index (χ0v) is 10.7. The van der Waals surface area contributed by atoms with Gasteiger partial charge in [-0.2, -0.15) is 0 Å². The van der Waals surface area contributed by atoms with E-state index in [2.05, 4.69) is 0 Å². The van der Waals surface area contributed by atoms with Gasteiger partial charge in [-0.15, -0.1) is 0 Å². The van der Waals surface area contributed by atoms with Crippen LogP contribution in [0.5, 0.6) is 5.75 Å². The minimum atomic E-state index is -1.06. The van der Waals surface area contributed by atoms with Gasteiger partial charge >= 0.3 is 5.97 Å².